The van der Waals surface area contributed by atoms with Crippen LogP contribution in [-0.4, -0.2) is 55.8 Å². The van der Waals surface area contributed by atoms with E-state index < -0.39 is 17.7 Å². The molecule has 2 atom stereocenters. The monoisotopic (exact) mass is 458 g/mol. The Morgan fingerprint density at radius 3 is 2.81 bits per heavy atom. The van der Waals surface area contributed by atoms with E-state index in [4.69, 9.17) is 15.3 Å². The lowest BCUT2D eigenvalue weighted by Gasteiger charge is -2.23. The Hall–Kier alpha value is -2.37. The van der Waals surface area contributed by atoms with Crippen LogP contribution in [0.4, 0.5) is 13.2 Å². The Morgan fingerprint density at radius 2 is 2.16 bits per heavy atom. The number of alkyl halides is 3. The fourth-order valence-corrected chi connectivity index (χ4v) is 3.60. The van der Waals surface area contributed by atoms with Crippen molar-refractivity contribution in [3.05, 3.63) is 54.1 Å². The lowest BCUT2D eigenvalue weighted by molar-refractivity contribution is -0.341. The van der Waals surface area contributed by atoms with Crippen LogP contribution in [-0.2, 0) is 11.3 Å². The molecule has 0 aliphatic rings. The molecular formula is C20H25F3N4O3S. The van der Waals surface area contributed by atoms with Crippen molar-refractivity contribution in [1.29, 1.82) is 5.41 Å². The van der Waals surface area contributed by atoms with Gasteiger partial charge in [0.15, 0.2) is 0 Å². The van der Waals surface area contributed by atoms with Gasteiger partial charge < -0.3 is 9.84 Å². The maximum absolute atomic E-state index is 12.6. The molecule has 0 bridgehead atoms. The molecule has 2 rings (SSSR count). The first-order valence-electron chi connectivity index (χ1n) is 9.48. The third-order valence-corrected chi connectivity index (χ3v) is 5.26. The van der Waals surface area contributed by atoms with Crippen LogP contribution in [0.2, 0.25) is 0 Å². The van der Waals surface area contributed by atoms with Gasteiger partial charge in [-0.1, -0.05) is 36.9 Å². The largest absolute Gasteiger partial charge is 0.522 e. The number of aryl methyl sites for hydroxylation is 1. The van der Waals surface area contributed by atoms with E-state index in [1.165, 1.54) is 6.08 Å². The summed E-state index contributed by atoms with van der Waals surface area (Å²) in [5.41, 5.74) is 0.882. The van der Waals surface area contributed by atoms with Crippen molar-refractivity contribution in [2.75, 3.05) is 13.2 Å². The summed E-state index contributed by atoms with van der Waals surface area (Å²) in [5, 5.41) is 20.7. The lowest BCUT2D eigenvalue weighted by Crippen LogP contribution is -2.31. The zero-order valence-electron chi connectivity index (χ0n) is 17.2. The molecule has 0 aliphatic heterocycles. The highest BCUT2D eigenvalue weighted by molar-refractivity contribution is 8.14. The molecule has 1 aromatic carbocycles. The number of rotatable bonds is 11. The van der Waals surface area contributed by atoms with Crippen molar-refractivity contribution >= 4 is 16.8 Å². The molecule has 0 aliphatic carbocycles. The van der Waals surface area contributed by atoms with Gasteiger partial charge in [-0.15, -0.1) is 24.8 Å². The van der Waals surface area contributed by atoms with E-state index in [-0.39, 0.29) is 30.5 Å². The van der Waals surface area contributed by atoms with Crippen molar-refractivity contribution in [3.63, 3.8) is 0 Å². The lowest BCUT2D eigenvalue weighted by atomic mass is 10.2. The molecule has 1 unspecified atom stereocenters. The Kier molecular flexibility index (Phi) is 9.08. The molecule has 31 heavy (non-hydrogen) atoms. The fourth-order valence-electron chi connectivity index (χ4n) is 2.72. The van der Waals surface area contributed by atoms with Gasteiger partial charge in [0.2, 0.25) is 5.82 Å². The van der Waals surface area contributed by atoms with E-state index in [1.54, 1.807) is 24.6 Å². The quantitative estimate of drug-likeness (QED) is 0.301. The van der Waals surface area contributed by atoms with Gasteiger partial charge in [0, 0.05) is 5.25 Å². The number of benzene rings is 1. The number of aliphatic hydroxyl groups is 1. The second-order valence-electron chi connectivity index (χ2n) is 6.64. The highest BCUT2D eigenvalue weighted by Gasteiger charge is 2.36. The minimum Gasteiger partial charge on any atom is -0.491 e. The smallest absolute Gasteiger partial charge is 0.491 e. The van der Waals surface area contributed by atoms with Gasteiger partial charge in [0.25, 0.3) is 0 Å². The van der Waals surface area contributed by atoms with Crippen molar-refractivity contribution in [1.82, 2.24) is 14.8 Å². The number of ether oxygens (including phenoxy) is 2. The normalized spacial score (nSPS) is 13.6. The number of aliphatic hydroxyl groups excluding tert-OH is 1. The van der Waals surface area contributed by atoms with Gasteiger partial charge >= 0.3 is 6.36 Å². The summed E-state index contributed by atoms with van der Waals surface area (Å²) in [6.07, 6.45) is -4.59. The number of nitrogens with one attached hydrogen (secondary N) is 1. The molecule has 0 amide bonds. The van der Waals surface area contributed by atoms with E-state index in [2.05, 4.69) is 21.4 Å². The number of hydrogen-bond donors (Lipinski definition) is 2. The average Bonchev–Trinajstić information content (AvgIpc) is 3.06. The number of hydrogen-bond acceptors (Lipinski definition) is 7. The van der Waals surface area contributed by atoms with Crippen LogP contribution in [0.3, 0.4) is 0 Å². The van der Waals surface area contributed by atoms with E-state index in [0.29, 0.717) is 18.1 Å². The SMILES string of the molecule is C=CC[C@@H](OC(F)(F)F)C(C)SC(=N)c1nc(C)n(Cc2cccc(OCCO)c2)n1. The van der Waals surface area contributed by atoms with Crippen molar-refractivity contribution < 1.29 is 27.8 Å². The Bertz CT molecular complexity index is 889. The van der Waals surface area contributed by atoms with Gasteiger partial charge in [-0.25, -0.2) is 9.67 Å². The molecule has 1 aromatic heterocycles. The molecule has 2 N–H and O–H groups in total. The topological polar surface area (TPSA) is 93.2 Å². The van der Waals surface area contributed by atoms with Gasteiger partial charge in [-0.2, -0.15) is 0 Å². The van der Waals surface area contributed by atoms with Gasteiger partial charge in [-0.05, 0) is 31.0 Å². The molecule has 170 valence electrons. The molecule has 11 heteroatoms. The Balaban J connectivity index is 2.07. The summed E-state index contributed by atoms with van der Waals surface area (Å²) < 4.78 is 49.1. The van der Waals surface area contributed by atoms with Gasteiger partial charge in [-0.3, -0.25) is 10.1 Å². The second-order valence-corrected chi connectivity index (χ2v) is 8.03. The first kappa shape index (κ1) is 24.9. The molecule has 2 aromatic rings. The number of nitrogens with zero attached hydrogens (tertiary/aromatic N) is 3. The zero-order chi connectivity index (χ0) is 23.0. The minimum atomic E-state index is -4.77. The fraction of sp³-hybridized carbons (Fsp3) is 0.450. The van der Waals surface area contributed by atoms with Crippen LogP contribution in [0.1, 0.15) is 30.6 Å². The number of aromatic nitrogens is 3. The highest BCUT2D eigenvalue weighted by atomic mass is 32.2. The van der Waals surface area contributed by atoms with Gasteiger partial charge in [0.1, 0.15) is 23.2 Å². The third kappa shape index (κ3) is 8.00. The van der Waals surface area contributed by atoms with Crippen molar-refractivity contribution in [2.45, 2.75) is 44.5 Å². The maximum atomic E-state index is 12.6. The second kappa shape index (κ2) is 11.3. The molecule has 0 saturated heterocycles. The third-order valence-electron chi connectivity index (χ3n) is 4.16. The van der Waals surface area contributed by atoms with Gasteiger partial charge in [0.05, 0.1) is 19.3 Å². The maximum Gasteiger partial charge on any atom is 0.522 e. The van der Waals surface area contributed by atoms with Crippen LogP contribution >= 0.6 is 11.8 Å². The van der Waals surface area contributed by atoms with Crippen molar-refractivity contribution in [3.8, 4) is 5.75 Å². The summed E-state index contributed by atoms with van der Waals surface area (Å²) >= 11 is 0.910. The Labute approximate surface area is 182 Å². The Morgan fingerprint density at radius 1 is 1.42 bits per heavy atom. The van der Waals surface area contributed by atoms with E-state index >= 15 is 0 Å². The number of halogens is 3. The summed E-state index contributed by atoms with van der Waals surface area (Å²) in [6.45, 7) is 7.23. The summed E-state index contributed by atoms with van der Waals surface area (Å²) in [6, 6.07) is 7.28. The first-order valence-corrected chi connectivity index (χ1v) is 10.4. The van der Waals surface area contributed by atoms with Crippen LogP contribution in [0.15, 0.2) is 36.9 Å². The molecule has 0 saturated carbocycles. The predicted molar refractivity (Wildman–Crippen MR) is 113 cm³/mol. The molecule has 1 heterocycles. The minimum absolute atomic E-state index is 0.00343. The zero-order valence-corrected chi connectivity index (χ0v) is 18.0. The standard InChI is InChI=1S/C20H25F3N4O3S/c1-4-6-17(30-20(21,22)23)13(2)31-18(24)19-25-14(3)27(26-19)12-15-7-5-8-16(11-15)29-10-9-28/h4-5,7-8,11,13,17,24,28H,1,6,9-10,12H2,2-3H3/t13?,17-/m1/s1. The van der Waals surface area contributed by atoms with E-state index in [1.807, 2.05) is 18.2 Å². The van der Waals surface area contributed by atoms with Crippen LogP contribution < -0.4 is 4.74 Å². The molecule has 0 spiro atoms. The highest BCUT2D eigenvalue weighted by Crippen LogP contribution is 2.28. The summed E-state index contributed by atoms with van der Waals surface area (Å²) in [7, 11) is 0. The van der Waals surface area contributed by atoms with E-state index in [9.17, 15) is 13.2 Å². The predicted octanol–water partition coefficient (Wildman–Crippen LogP) is 3.93. The van der Waals surface area contributed by atoms with Crippen LogP contribution in [0, 0.1) is 12.3 Å². The summed E-state index contributed by atoms with van der Waals surface area (Å²) in [5.74, 6) is 1.30. The van der Waals surface area contributed by atoms with E-state index in [0.717, 1.165) is 17.3 Å². The molecule has 0 radical (unpaired) electrons. The van der Waals surface area contributed by atoms with Crippen molar-refractivity contribution in [2.24, 2.45) is 0 Å². The molecule has 7 nitrogen and oxygen atoms in total. The molecule has 0 fully saturated rings. The van der Waals surface area contributed by atoms with Crippen LogP contribution in [0.25, 0.3) is 0 Å². The first-order chi connectivity index (χ1) is 14.6. The average molecular weight is 459 g/mol. The number of thioether (sulfide) groups is 1. The van der Waals surface area contributed by atoms with Crippen LogP contribution in [0.5, 0.6) is 5.75 Å². The molecular weight excluding hydrogens is 433 g/mol. The summed E-state index contributed by atoms with van der Waals surface area (Å²) in [4.78, 5) is 4.27.